The van der Waals surface area contributed by atoms with Crippen LogP contribution in [0.5, 0.6) is 0 Å². The van der Waals surface area contributed by atoms with Crippen LogP contribution in [-0.2, 0) is 17.6 Å². The first-order valence-electron chi connectivity index (χ1n) is 7.07. The number of aryl methyl sites for hydroxylation is 2. The summed E-state index contributed by atoms with van der Waals surface area (Å²) in [6.07, 6.45) is 0.00710. The molecule has 0 saturated heterocycles. The summed E-state index contributed by atoms with van der Waals surface area (Å²) in [5.41, 5.74) is 2.78. The first kappa shape index (κ1) is 14.3. The van der Waals surface area contributed by atoms with Gasteiger partial charge in [0.05, 0.1) is 11.0 Å². The summed E-state index contributed by atoms with van der Waals surface area (Å²) >= 11 is 0. The SMILES string of the molecule is O=C(O)C(O)c1cccc2[nH]c(CCc3ccccc3)nc12. The van der Waals surface area contributed by atoms with Crippen LogP contribution in [0.2, 0.25) is 0 Å². The van der Waals surface area contributed by atoms with E-state index in [1.807, 2.05) is 24.3 Å². The predicted octanol–water partition coefficient (Wildman–Crippen LogP) is 2.47. The molecule has 0 aliphatic heterocycles. The van der Waals surface area contributed by atoms with Crippen molar-refractivity contribution in [3.8, 4) is 0 Å². The smallest absolute Gasteiger partial charge is 0.337 e. The van der Waals surface area contributed by atoms with E-state index in [0.717, 1.165) is 24.2 Å². The standard InChI is InChI=1S/C17H16N2O3/c20-16(17(21)22)12-7-4-8-13-15(12)19-14(18-13)10-9-11-5-2-1-3-6-11/h1-8,16,20H,9-10H2,(H,18,19)(H,21,22). The molecule has 3 N–H and O–H groups in total. The fourth-order valence-electron chi connectivity index (χ4n) is 2.48. The van der Waals surface area contributed by atoms with Crippen LogP contribution in [0, 0.1) is 0 Å². The van der Waals surface area contributed by atoms with Gasteiger partial charge < -0.3 is 15.2 Å². The second kappa shape index (κ2) is 5.99. The van der Waals surface area contributed by atoms with Gasteiger partial charge in [0.25, 0.3) is 0 Å². The predicted molar refractivity (Wildman–Crippen MR) is 82.5 cm³/mol. The molecule has 0 spiro atoms. The Bertz CT molecular complexity index is 796. The molecule has 5 heteroatoms. The van der Waals surface area contributed by atoms with Crippen molar-refractivity contribution in [2.75, 3.05) is 0 Å². The van der Waals surface area contributed by atoms with Crippen molar-refractivity contribution in [1.82, 2.24) is 9.97 Å². The number of benzene rings is 2. The van der Waals surface area contributed by atoms with E-state index in [-0.39, 0.29) is 0 Å². The van der Waals surface area contributed by atoms with Gasteiger partial charge in [0, 0.05) is 12.0 Å². The Labute approximate surface area is 127 Å². The van der Waals surface area contributed by atoms with Crippen LogP contribution in [0.15, 0.2) is 48.5 Å². The molecule has 1 aromatic heterocycles. The lowest BCUT2D eigenvalue weighted by atomic mass is 10.1. The van der Waals surface area contributed by atoms with Crippen molar-refractivity contribution >= 4 is 17.0 Å². The molecule has 0 radical (unpaired) electrons. The number of H-pyrrole nitrogens is 1. The number of carboxylic acids is 1. The van der Waals surface area contributed by atoms with Crippen LogP contribution in [0.4, 0.5) is 0 Å². The summed E-state index contributed by atoms with van der Waals surface area (Å²) in [6, 6.07) is 15.2. The minimum Gasteiger partial charge on any atom is -0.479 e. The fraction of sp³-hybridized carbons (Fsp3) is 0.176. The molecule has 0 aliphatic carbocycles. The lowest BCUT2D eigenvalue weighted by Gasteiger charge is -2.05. The zero-order chi connectivity index (χ0) is 15.5. The zero-order valence-electron chi connectivity index (χ0n) is 11.9. The third-order valence-corrected chi connectivity index (χ3v) is 3.61. The van der Waals surface area contributed by atoms with Gasteiger partial charge in [0.1, 0.15) is 5.82 Å². The van der Waals surface area contributed by atoms with E-state index in [1.54, 1.807) is 12.1 Å². The second-order valence-corrected chi connectivity index (χ2v) is 5.15. The van der Waals surface area contributed by atoms with Gasteiger partial charge in [-0.15, -0.1) is 0 Å². The van der Waals surface area contributed by atoms with Gasteiger partial charge in [-0.1, -0.05) is 42.5 Å². The van der Waals surface area contributed by atoms with Gasteiger partial charge in [-0.25, -0.2) is 9.78 Å². The maximum Gasteiger partial charge on any atom is 0.337 e. The summed E-state index contributed by atoms with van der Waals surface area (Å²) in [7, 11) is 0. The highest BCUT2D eigenvalue weighted by Gasteiger charge is 2.20. The number of hydrogen-bond acceptors (Lipinski definition) is 3. The normalized spacial score (nSPS) is 12.4. The van der Waals surface area contributed by atoms with E-state index in [4.69, 9.17) is 5.11 Å². The number of aliphatic hydroxyl groups excluding tert-OH is 1. The molecule has 3 aromatic rings. The van der Waals surface area contributed by atoms with Crippen LogP contribution in [0.25, 0.3) is 11.0 Å². The topological polar surface area (TPSA) is 86.2 Å². The largest absolute Gasteiger partial charge is 0.479 e. The Hall–Kier alpha value is -2.66. The van der Waals surface area contributed by atoms with Crippen LogP contribution in [0.3, 0.4) is 0 Å². The third-order valence-electron chi connectivity index (χ3n) is 3.61. The molecule has 1 atom stereocenters. The van der Waals surface area contributed by atoms with Crippen LogP contribution in [-0.4, -0.2) is 26.2 Å². The van der Waals surface area contributed by atoms with E-state index >= 15 is 0 Å². The number of imidazole rings is 1. The van der Waals surface area contributed by atoms with Crippen molar-refractivity contribution in [2.45, 2.75) is 18.9 Å². The van der Waals surface area contributed by atoms with Crippen molar-refractivity contribution in [2.24, 2.45) is 0 Å². The molecule has 0 fully saturated rings. The summed E-state index contributed by atoms with van der Waals surface area (Å²) in [6.45, 7) is 0. The number of aromatic nitrogens is 2. The van der Waals surface area contributed by atoms with E-state index in [0.29, 0.717) is 11.1 Å². The Kier molecular flexibility index (Phi) is 3.89. The molecule has 2 aromatic carbocycles. The lowest BCUT2D eigenvalue weighted by molar-refractivity contribution is -0.146. The van der Waals surface area contributed by atoms with Crippen LogP contribution < -0.4 is 0 Å². The lowest BCUT2D eigenvalue weighted by Crippen LogP contribution is -2.10. The highest BCUT2D eigenvalue weighted by molar-refractivity contribution is 5.85. The summed E-state index contributed by atoms with van der Waals surface area (Å²) in [5.74, 6) is -0.495. The molecule has 5 nitrogen and oxygen atoms in total. The molecular weight excluding hydrogens is 280 g/mol. The van der Waals surface area contributed by atoms with E-state index < -0.39 is 12.1 Å². The molecule has 0 saturated carbocycles. The van der Waals surface area contributed by atoms with Crippen molar-refractivity contribution in [3.05, 3.63) is 65.5 Å². The minimum atomic E-state index is -1.56. The molecular formula is C17H16N2O3. The number of carboxylic acid groups (broad SMARTS) is 1. The van der Waals surface area contributed by atoms with Gasteiger partial charge in [-0.2, -0.15) is 0 Å². The number of fused-ring (bicyclic) bond motifs is 1. The van der Waals surface area contributed by atoms with Crippen molar-refractivity contribution < 1.29 is 15.0 Å². The summed E-state index contributed by atoms with van der Waals surface area (Å²) < 4.78 is 0. The number of aromatic amines is 1. The van der Waals surface area contributed by atoms with Crippen LogP contribution >= 0.6 is 0 Å². The second-order valence-electron chi connectivity index (χ2n) is 5.15. The molecule has 3 rings (SSSR count). The summed E-state index contributed by atoms with van der Waals surface area (Å²) in [4.78, 5) is 18.6. The molecule has 1 unspecified atom stereocenters. The average Bonchev–Trinajstić information content (AvgIpc) is 2.96. The molecule has 22 heavy (non-hydrogen) atoms. The highest BCUT2D eigenvalue weighted by atomic mass is 16.4. The van der Waals surface area contributed by atoms with E-state index in [1.165, 1.54) is 5.56 Å². The Morgan fingerprint density at radius 3 is 2.59 bits per heavy atom. The zero-order valence-corrected chi connectivity index (χ0v) is 11.9. The number of para-hydroxylation sites is 1. The van der Waals surface area contributed by atoms with Gasteiger partial charge in [0.15, 0.2) is 6.10 Å². The molecule has 112 valence electrons. The number of aliphatic hydroxyl groups is 1. The van der Waals surface area contributed by atoms with Gasteiger partial charge in [-0.3, -0.25) is 0 Å². The minimum absolute atomic E-state index is 0.312. The number of carbonyl (C=O) groups is 1. The van der Waals surface area contributed by atoms with Gasteiger partial charge >= 0.3 is 5.97 Å². The van der Waals surface area contributed by atoms with Gasteiger partial charge in [0.2, 0.25) is 0 Å². The highest BCUT2D eigenvalue weighted by Crippen LogP contribution is 2.23. The molecule has 0 bridgehead atoms. The molecule has 0 aliphatic rings. The maximum atomic E-state index is 11.0. The van der Waals surface area contributed by atoms with Crippen molar-refractivity contribution in [1.29, 1.82) is 0 Å². The Balaban J connectivity index is 1.86. The first-order chi connectivity index (χ1) is 10.6. The van der Waals surface area contributed by atoms with Gasteiger partial charge in [-0.05, 0) is 18.1 Å². The number of nitrogens with one attached hydrogen (secondary N) is 1. The maximum absolute atomic E-state index is 11.0. The number of nitrogens with zero attached hydrogens (tertiary/aromatic N) is 1. The van der Waals surface area contributed by atoms with E-state index in [2.05, 4.69) is 22.1 Å². The number of hydrogen-bond donors (Lipinski definition) is 3. The molecule has 0 amide bonds. The quantitative estimate of drug-likeness (QED) is 0.675. The first-order valence-corrected chi connectivity index (χ1v) is 7.07. The average molecular weight is 296 g/mol. The summed E-state index contributed by atoms with van der Waals surface area (Å²) in [5, 5.41) is 18.7. The molecule has 1 heterocycles. The van der Waals surface area contributed by atoms with Crippen LogP contribution in [0.1, 0.15) is 23.1 Å². The Morgan fingerprint density at radius 2 is 1.86 bits per heavy atom. The van der Waals surface area contributed by atoms with Crippen molar-refractivity contribution in [3.63, 3.8) is 0 Å². The number of rotatable bonds is 5. The van der Waals surface area contributed by atoms with E-state index in [9.17, 15) is 9.90 Å². The fourth-order valence-corrected chi connectivity index (χ4v) is 2.48. The third kappa shape index (κ3) is 2.84. The Morgan fingerprint density at radius 1 is 1.09 bits per heavy atom. The number of aliphatic carboxylic acids is 1. The monoisotopic (exact) mass is 296 g/mol.